The van der Waals surface area contributed by atoms with Crippen molar-refractivity contribution in [3.8, 4) is 0 Å². The smallest absolute Gasteiger partial charge is 0.391 e. The summed E-state index contributed by atoms with van der Waals surface area (Å²) in [5, 5.41) is 12.8. The monoisotopic (exact) mass is 351 g/mol. The van der Waals surface area contributed by atoms with Crippen LogP contribution in [0.25, 0.3) is 16.5 Å². The number of aliphatic hydroxyl groups is 1. The Labute approximate surface area is 141 Å². The van der Waals surface area contributed by atoms with Crippen molar-refractivity contribution in [3.63, 3.8) is 0 Å². The maximum absolute atomic E-state index is 12.3. The van der Waals surface area contributed by atoms with Crippen LogP contribution in [0.3, 0.4) is 0 Å². The summed E-state index contributed by atoms with van der Waals surface area (Å²) in [4.78, 5) is 12.3. The standard InChI is InChI=1S/C16H16F3N5O/c17-16(18,19)6-11(25)8-22-14-12-2-1-9(10-3-4-21-7-10)5-13(12)23-15(20)24-14/h1-5,11,25H,6-8H2,(H3,20,22,23,24). The molecule has 1 unspecified atom stereocenters. The largest absolute Gasteiger partial charge is 0.391 e. The molecule has 6 nitrogen and oxygen atoms in total. The molecule has 9 heteroatoms. The zero-order valence-electron chi connectivity index (χ0n) is 13.1. The van der Waals surface area contributed by atoms with E-state index in [0.717, 1.165) is 11.1 Å². The van der Waals surface area contributed by atoms with Gasteiger partial charge < -0.3 is 16.2 Å². The second kappa shape index (κ2) is 6.67. The van der Waals surface area contributed by atoms with Crippen LogP contribution in [0, 0.1) is 0 Å². The predicted molar refractivity (Wildman–Crippen MR) is 90.5 cm³/mol. The van der Waals surface area contributed by atoms with Gasteiger partial charge in [-0.2, -0.15) is 18.2 Å². The SMILES string of the molecule is Nc1nc(NCC(O)CC(F)(F)F)c2ccc(C3=CC=NC3)cc2n1. The number of aromatic nitrogens is 2. The van der Waals surface area contributed by atoms with E-state index < -0.39 is 18.7 Å². The first-order valence-corrected chi connectivity index (χ1v) is 7.57. The summed E-state index contributed by atoms with van der Waals surface area (Å²) in [5.41, 5.74) is 8.23. The lowest BCUT2D eigenvalue weighted by Crippen LogP contribution is -2.26. The predicted octanol–water partition coefficient (Wildman–Crippen LogP) is 2.41. The number of nitrogen functional groups attached to an aromatic ring is 1. The molecule has 1 aromatic carbocycles. The van der Waals surface area contributed by atoms with E-state index in [1.165, 1.54) is 0 Å². The number of anilines is 2. The number of benzene rings is 1. The molecule has 0 spiro atoms. The number of halogens is 3. The fourth-order valence-electron chi connectivity index (χ4n) is 2.57. The number of fused-ring (bicyclic) bond motifs is 1. The van der Waals surface area contributed by atoms with Gasteiger partial charge in [-0.15, -0.1) is 0 Å². The van der Waals surface area contributed by atoms with Gasteiger partial charge in [0.1, 0.15) is 5.82 Å². The number of alkyl halides is 3. The number of hydrogen-bond donors (Lipinski definition) is 3. The Morgan fingerprint density at radius 3 is 2.76 bits per heavy atom. The van der Waals surface area contributed by atoms with E-state index in [4.69, 9.17) is 5.73 Å². The first-order valence-electron chi connectivity index (χ1n) is 7.57. The summed E-state index contributed by atoms with van der Waals surface area (Å²) in [5.74, 6) is 0.279. The van der Waals surface area contributed by atoms with Gasteiger partial charge in [0.05, 0.1) is 24.6 Å². The van der Waals surface area contributed by atoms with Crippen LogP contribution < -0.4 is 11.1 Å². The van der Waals surface area contributed by atoms with Crippen LogP contribution in [0.2, 0.25) is 0 Å². The van der Waals surface area contributed by atoms with Crippen LogP contribution in [-0.2, 0) is 0 Å². The lowest BCUT2D eigenvalue weighted by atomic mass is 10.0. The molecule has 1 atom stereocenters. The summed E-state index contributed by atoms with van der Waals surface area (Å²) in [6, 6.07) is 5.45. The van der Waals surface area contributed by atoms with Gasteiger partial charge in [0.2, 0.25) is 5.95 Å². The highest BCUT2D eigenvalue weighted by molar-refractivity contribution is 5.95. The van der Waals surface area contributed by atoms with Gasteiger partial charge in [-0.25, -0.2) is 4.98 Å². The number of hydrogen-bond acceptors (Lipinski definition) is 6. The average Bonchev–Trinajstić information content (AvgIpc) is 3.04. The zero-order chi connectivity index (χ0) is 18.0. The summed E-state index contributed by atoms with van der Waals surface area (Å²) in [6.45, 7) is 0.284. The summed E-state index contributed by atoms with van der Waals surface area (Å²) >= 11 is 0. The van der Waals surface area contributed by atoms with Crippen molar-refractivity contribution in [1.29, 1.82) is 0 Å². The van der Waals surface area contributed by atoms with Crippen molar-refractivity contribution in [2.24, 2.45) is 4.99 Å². The molecule has 0 radical (unpaired) electrons. The number of aliphatic hydroxyl groups excluding tert-OH is 1. The van der Waals surface area contributed by atoms with E-state index in [1.807, 2.05) is 18.2 Å². The van der Waals surface area contributed by atoms with Crippen molar-refractivity contribution in [3.05, 3.63) is 29.8 Å². The Hall–Kier alpha value is -2.68. The highest BCUT2D eigenvalue weighted by Gasteiger charge is 2.31. The van der Waals surface area contributed by atoms with E-state index in [0.29, 0.717) is 17.4 Å². The van der Waals surface area contributed by atoms with E-state index in [1.54, 1.807) is 12.3 Å². The molecular formula is C16H16F3N5O. The van der Waals surface area contributed by atoms with Crippen molar-refractivity contribution in [1.82, 2.24) is 9.97 Å². The Morgan fingerprint density at radius 1 is 1.28 bits per heavy atom. The molecule has 132 valence electrons. The summed E-state index contributed by atoms with van der Waals surface area (Å²) in [6.07, 6.45) is -3.68. The number of rotatable bonds is 5. The summed E-state index contributed by atoms with van der Waals surface area (Å²) in [7, 11) is 0. The van der Waals surface area contributed by atoms with Gasteiger partial charge in [-0.05, 0) is 29.3 Å². The van der Waals surface area contributed by atoms with Crippen molar-refractivity contribution >= 4 is 34.5 Å². The molecule has 3 rings (SSSR count). The van der Waals surface area contributed by atoms with Gasteiger partial charge in [-0.1, -0.05) is 6.07 Å². The first-order chi connectivity index (χ1) is 11.8. The third-order valence-corrected chi connectivity index (χ3v) is 3.70. The third kappa shape index (κ3) is 4.24. The molecule has 4 N–H and O–H groups in total. The minimum atomic E-state index is -4.43. The lowest BCUT2D eigenvalue weighted by Gasteiger charge is -2.15. The minimum Gasteiger partial charge on any atom is -0.391 e. The fourth-order valence-corrected chi connectivity index (χ4v) is 2.57. The number of nitrogens with zero attached hydrogens (tertiary/aromatic N) is 3. The average molecular weight is 351 g/mol. The molecule has 0 aliphatic carbocycles. The Morgan fingerprint density at radius 2 is 2.08 bits per heavy atom. The first kappa shape index (κ1) is 17.2. The quantitative estimate of drug-likeness (QED) is 0.769. The van der Waals surface area contributed by atoms with Crippen molar-refractivity contribution in [2.45, 2.75) is 18.7 Å². The van der Waals surface area contributed by atoms with Crippen molar-refractivity contribution < 1.29 is 18.3 Å². The Kier molecular flexibility index (Phi) is 4.58. The molecule has 1 aliphatic rings. The molecule has 1 aliphatic heterocycles. The van der Waals surface area contributed by atoms with Gasteiger partial charge in [0.15, 0.2) is 0 Å². The molecule has 0 saturated carbocycles. The van der Waals surface area contributed by atoms with Gasteiger partial charge in [0.25, 0.3) is 0 Å². The minimum absolute atomic E-state index is 0.00545. The second-order valence-electron chi connectivity index (χ2n) is 5.70. The van der Waals surface area contributed by atoms with Gasteiger partial charge in [0, 0.05) is 18.1 Å². The fraction of sp³-hybridized carbons (Fsp3) is 0.312. The van der Waals surface area contributed by atoms with Gasteiger partial charge >= 0.3 is 6.18 Å². The Balaban J connectivity index is 1.83. The van der Waals surface area contributed by atoms with E-state index in [2.05, 4.69) is 20.3 Å². The van der Waals surface area contributed by atoms with E-state index in [-0.39, 0.29) is 18.3 Å². The maximum Gasteiger partial charge on any atom is 0.391 e. The molecule has 2 heterocycles. The van der Waals surface area contributed by atoms with E-state index in [9.17, 15) is 18.3 Å². The third-order valence-electron chi connectivity index (χ3n) is 3.70. The van der Waals surface area contributed by atoms with Crippen LogP contribution >= 0.6 is 0 Å². The zero-order valence-corrected chi connectivity index (χ0v) is 13.1. The number of nitrogens with two attached hydrogens (primary N) is 1. The lowest BCUT2D eigenvalue weighted by molar-refractivity contribution is -0.151. The number of aliphatic imine (C=N–C) groups is 1. The van der Waals surface area contributed by atoms with Gasteiger partial charge in [-0.3, -0.25) is 4.99 Å². The molecule has 1 aromatic heterocycles. The highest BCUT2D eigenvalue weighted by atomic mass is 19.4. The van der Waals surface area contributed by atoms with Crippen LogP contribution in [0.1, 0.15) is 12.0 Å². The topological polar surface area (TPSA) is 96.4 Å². The number of allylic oxidation sites excluding steroid dienone is 1. The number of nitrogens with one attached hydrogen (secondary N) is 1. The van der Waals surface area contributed by atoms with Crippen LogP contribution in [-0.4, -0.2) is 46.7 Å². The van der Waals surface area contributed by atoms with Crippen LogP contribution in [0.4, 0.5) is 24.9 Å². The molecule has 2 aromatic rings. The molecular weight excluding hydrogens is 335 g/mol. The Bertz CT molecular complexity index is 848. The second-order valence-corrected chi connectivity index (χ2v) is 5.70. The van der Waals surface area contributed by atoms with Crippen molar-refractivity contribution in [2.75, 3.05) is 24.1 Å². The molecule has 25 heavy (non-hydrogen) atoms. The van der Waals surface area contributed by atoms with E-state index >= 15 is 0 Å². The molecule has 0 fully saturated rings. The molecule has 0 amide bonds. The molecule has 0 bridgehead atoms. The maximum atomic E-state index is 12.3. The highest BCUT2D eigenvalue weighted by Crippen LogP contribution is 2.27. The van der Waals surface area contributed by atoms with Crippen LogP contribution in [0.5, 0.6) is 0 Å². The normalized spacial score (nSPS) is 15.4. The summed E-state index contributed by atoms with van der Waals surface area (Å²) < 4.78 is 36.9. The van der Waals surface area contributed by atoms with Crippen LogP contribution in [0.15, 0.2) is 29.3 Å². The molecule has 0 saturated heterocycles.